The third kappa shape index (κ3) is 4.63. The van der Waals surface area contributed by atoms with E-state index in [-0.39, 0.29) is 9.79 Å². The van der Waals surface area contributed by atoms with Crippen LogP contribution >= 0.6 is 0 Å². The fourth-order valence-corrected chi connectivity index (χ4v) is 5.57. The lowest BCUT2D eigenvalue weighted by molar-refractivity contribution is 0.438. The van der Waals surface area contributed by atoms with Crippen molar-refractivity contribution in [2.75, 3.05) is 36.8 Å². The van der Waals surface area contributed by atoms with Gasteiger partial charge in [0.1, 0.15) is 0 Å². The normalized spacial score (nSPS) is 16.1. The zero-order valence-corrected chi connectivity index (χ0v) is 19.4. The molecule has 1 N–H and O–H groups in total. The largest absolute Gasteiger partial charge is 0.370 e. The van der Waals surface area contributed by atoms with Crippen molar-refractivity contribution in [2.24, 2.45) is 5.92 Å². The van der Waals surface area contributed by atoms with Gasteiger partial charge in [-0.3, -0.25) is 4.72 Å². The van der Waals surface area contributed by atoms with Crippen molar-refractivity contribution in [3.63, 3.8) is 0 Å². The average Bonchev–Trinajstić information content (AvgIpc) is 2.69. The van der Waals surface area contributed by atoms with Crippen molar-refractivity contribution in [1.82, 2.24) is 4.31 Å². The highest BCUT2D eigenvalue weighted by molar-refractivity contribution is 7.92. The molecule has 0 atom stereocenters. The molecular weight excluding hydrogens is 422 g/mol. The van der Waals surface area contributed by atoms with Gasteiger partial charge in [0.05, 0.1) is 21.2 Å². The number of rotatable bonds is 6. The van der Waals surface area contributed by atoms with Crippen molar-refractivity contribution in [3.05, 3.63) is 48.0 Å². The first-order chi connectivity index (χ1) is 14.0. The highest BCUT2D eigenvalue weighted by atomic mass is 32.2. The summed E-state index contributed by atoms with van der Waals surface area (Å²) in [4.78, 5) is 2.30. The molecule has 30 heavy (non-hydrogen) atoms. The molecule has 1 saturated heterocycles. The first-order valence-corrected chi connectivity index (χ1v) is 12.8. The van der Waals surface area contributed by atoms with Gasteiger partial charge in [0.25, 0.3) is 10.0 Å². The summed E-state index contributed by atoms with van der Waals surface area (Å²) in [6.07, 6.45) is 2.14. The Balaban J connectivity index is 1.90. The Morgan fingerprint density at radius 2 is 1.50 bits per heavy atom. The van der Waals surface area contributed by atoms with Crippen molar-refractivity contribution in [1.29, 1.82) is 0 Å². The predicted octanol–water partition coefficient (Wildman–Crippen LogP) is 3.28. The molecule has 0 aromatic heterocycles. The number of aryl methyl sites for hydroxylation is 1. The topological polar surface area (TPSA) is 86.8 Å². The lowest BCUT2D eigenvalue weighted by atomic mass is 9.98. The summed E-state index contributed by atoms with van der Waals surface area (Å²) in [7, 11) is -4.62. The molecule has 0 unspecified atom stereocenters. The molecule has 1 aliphatic rings. The van der Waals surface area contributed by atoms with Gasteiger partial charge < -0.3 is 4.90 Å². The van der Waals surface area contributed by atoms with E-state index in [1.54, 1.807) is 6.07 Å². The zero-order valence-electron chi connectivity index (χ0n) is 17.8. The van der Waals surface area contributed by atoms with Crippen molar-refractivity contribution >= 4 is 31.4 Å². The number of hydrogen-bond acceptors (Lipinski definition) is 5. The van der Waals surface area contributed by atoms with Crippen LogP contribution in [0.2, 0.25) is 0 Å². The molecule has 9 heteroatoms. The molecule has 0 aliphatic carbocycles. The molecule has 3 rings (SSSR count). The molecule has 7 nitrogen and oxygen atoms in total. The van der Waals surface area contributed by atoms with Gasteiger partial charge in [0.2, 0.25) is 10.0 Å². The summed E-state index contributed by atoms with van der Waals surface area (Å²) in [5.74, 6) is 0.669. The van der Waals surface area contributed by atoms with Crippen LogP contribution in [-0.2, 0) is 20.0 Å². The van der Waals surface area contributed by atoms with Crippen LogP contribution in [0.1, 0.15) is 25.3 Å². The first kappa shape index (κ1) is 22.6. The maximum absolute atomic E-state index is 13.0. The van der Waals surface area contributed by atoms with Crippen LogP contribution in [0.15, 0.2) is 52.3 Å². The second-order valence-corrected chi connectivity index (χ2v) is 11.8. The van der Waals surface area contributed by atoms with Crippen molar-refractivity contribution in [2.45, 2.75) is 36.5 Å². The number of para-hydroxylation sites is 1. The number of benzene rings is 2. The van der Waals surface area contributed by atoms with Gasteiger partial charge in [-0.2, -0.15) is 0 Å². The third-order valence-electron chi connectivity index (χ3n) is 5.49. The molecule has 0 spiro atoms. The smallest absolute Gasteiger partial charge is 0.261 e. The first-order valence-electron chi connectivity index (χ1n) is 9.92. The summed E-state index contributed by atoms with van der Waals surface area (Å²) < 4.78 is 54.2. The van der Waals surface area contributed by atoms with E-state index in [1.165, 1.54) is 38.4 Å². The average molecular weight is 452 g/mol. The second-order valence-electron chi connectivity index (χ2n) is 8.00. The van der Waals surface area contributed by atoms with E-state index < -0.39 is 20.0 Å². The molecule has 164 valence electrons. The van der Waals surface area contributed by atoms with E-state index in [2.05, 4.69) is 16.5 Å². The lowest BCUT2D eigenvalue weighted by Gasteiger charge is -2.34. The Kier molecular flexibility index (Phi) is 6.45. The Bertz CT molecular complexity index is 1100. The van der Waals surface area contributed by atoms with Crippen LogP contribution in [0, 0.1) is 12.8 Å². The maximum atomic E-state index is 13.0. The van der Waals surface area contributed by atoms with Gasteiger partial charge >= 0.3 is 0 Å². The van der Waals surface area contributed by atoms with E-state index in [0.717, 1.165) is 41.5 Å². The second kappa shape index (κ2) is 8.56. The number of sulfonamides is 2. The number of hydrogen-bond donors (Lipinski definition) is 1. The Labute approximate surface area is 179 Å². The fourth-order valence-electron chi connectivity index (χ4n) is 3.60. The molecule has 1 heterocycles. The Morgan fingerprint density at radius 1 is 0.933 bits per heavy atom. The highest BCUT2D eigenvalue weighted by Gasteiger charge is 2.24. The SMILES string of the molecule is Cc1cccc(NS(=O)(=O)c2ccc(S(=O)(=O)N(C)C)cc2)c1N1CCC(C)CC1. The molecule has 0 amide bonds. The van der Waals surface area contributed by atoms with Crippen LogP contribution in [0.25, 0.3) is 0 Å². The van der Waals surface area contributed by atoms with Crippen LogP contribution in [0.4, 0.5) is 11.4 Å². The zero-order chi connectivity index (χ0) is 22.1. The predicted molar refractivity (Wildman–Crippen MR) is 120 cm³/mol. The quantitative estimate of drug-likeness (QED) is 0.728. The molecule has 0 bridgehead atoms. The summed E-state index contributed by atoms with van der Waals surface area (Å²) >= 11 is 0. The molecule has 0 radical (unpaired) electrons. The van der Waals surface area contributed by atoms with E-state index in [4.69, 9.17) is 0 Å². The Morgan fingerprint density at radius 3 is 2.07 bits per heavy atom. The maximum Gasteiger partial charge on any atom is 0.261 e. The minimum absolute atomic E-state index is 0.0138. The van der Waals surface area contributed by atoms with Gasteiger partial charge in [0.15, 0.2) is 0 Å². The monoisotopic (exact) mass is 451 g/mol. The van der Waals surface area contributed by atoms with Crippen LogP contribution in [0.3, 0.4) is 0 Å². The number of piperidine rings is 1. The third-order valence-corrected chi connectivity index (χ3v) is 8.71. The number of nitrogens with zero attached hydrogens (tertiary/aromatic N) is 2. The van der Waals surface area contributed by atoms with Crippen LogP contribution < -0.4 is 9.62 Å². The summed E-state index contributed by atoms with van der Waals surface area (Å²) in [6.45, 7) is 5.99. The van der Waals surface area contributed by atoms with E-state index in [1.807, 2.05) is 19.1 Å². The molecular formula is C21H29N3O4S2. The standard InChI is InChI=1S/C21H29N3O4S2/c1-16-12-14-24(15-13-16)21-17(2)6-5-7-20(21)22-29(25,26)18-8-10-19(11-9-18)30(27,28)23(3)4/h5-11,16,22H,12-15H2,1-4H3. The summed E-state index contributed by atoms with van der Waals surface area (Å²) in [5, 5.41) is 0. The molecule has 2 aromatic carbocycles. The molecule has 1 fully saturated rings. The minimum Gasteiger partial charge on any atom is -0.370 e. The van der Waals surface area contributed by atoms with Gasteiger partial charge in [0, 0.05) is 27.2 Å². The van der Waals surface area contributed by atoms with Gasteiger partial charge in [-0.25, -0.2) is 21.1 Å². The summed E-state index contributed by atoms with van der Waals surface area (Å²) in [6, 6.07) is 10.8. The van der Waals surface area contributed by atoms with Crippen molar-refractivity contribution < 1.29 is 16.8 Å². The Hall–Kier alpha value is -2.10. The van der Waals surface area contributed by atoms with E-state index >= 15 is 0 Å². The lowest BCUT2D eigenvalue weighted by Crippen LogP contribution is -2.34. The van der Waals surface area contributed by atoms with Crippen molar-refractivity contribution in [3.8, 4) is 0 Å². The molecule has 2 aromatic rings. The fraction of sp³-hybridized carbons (Fsp3) is 0.429. The number of nitrogens with one attached hydrogen (secondary N) is 1. The number of anilines is 2. The van der Waals surface area contributed by atoms with Gasteiger partial charge in [-0.1, -0.05) is 19.1 Å². The molecule has 0 saturated carbocycles. The van der Waals surface area contributed by atoms with Gasteiger partial charge in [-0.05, 0) is 61.6 Å². The van der Waals surface area contributed by atoms with Crippen LogP contribution in [0.5, 0.6) is 0 Å². The van der Waals surface area contributed by atoms with E-state index in [0.29, 0.717) is 11.6 Å². The molecule has 1 aliphatic heterocycles. The minimum atomic E-state index is -3.87. The van der Waals surface area contributed by atoms with Gasteiger partial charge in [-0.15, -0.1) is 0 Å². The van der Waals surface area contributed by atoms with E-state index in [9.17, 15) is 16.8 Å². The van der Waals surface area contributed by atoms with Crippen LogP contribution in [-0.4, -0.2) is 48.3 Å². The highest BCUT2D eigenvalue weighted by Crippen LogP contribution is 2.34. The summed E-state index contributed by atoms with van der Waals surface area (Å²) in [5.41, 5.74) is 2.45.